The lowest BCUT2D eigenvalue weighted by Crippen LogP contribution is -2.02. The first-order valence-electron chi connectivity index (χ1n) is 8.56. The van der Waals surface area contributed by atoms with Crippen molar-refractivity contribution in [2.75, 3.05) is 0 Å². The maximum atomic E-state index is 12.6. The molecule has 0 atom stereocenters. The maximum absolute atomic E-state index is 12.6. The van der Waals surface area contributed by atoms with Crippen LogP contribution in [-0.2, 0) is 6.54 Å². The van der Waals surface area contributed by atoms with Crippen molar-refractivity contribution in [2.45, 2.75) is 13.0 Å². The molecule has 11 heteroatoms. The molecule has 144 valence electrons. The molecule has 5 rings (SSSR count). The van der Waals surface area contributed by atoms with Gasteiger partial charge in [0.2, 0.25) is 5.89 Å². The Morgan fingerprint density at radius 2 is 1.93 bits per heavy atom. The molecular formula is C18H12F2N8O. The van der Waals surface area contributed by atoms with Crippen LogP contribution in [0.4, 0.5) is 8.78 Å². The van der Waals surface area contributed by atoms with Crippen LogP contribution in [0.25, 0.3) is 33.6 Å². The van der Waals surface area contributed by atoms with E-state index in [1.54, 1.807) is 23.0 Å². The summed E-state index contributed by atoms with van der Waals surface area (Å²) in [5, 5.41) is 23.2. The highest BCUT2D eigenvalue weighted by atomic mass is 19.3. The number of rotatable bonds is 5. The smallest absolute Gasteiger partial charge is 0.314 e. The molecule has 0 fully saturated rings. The van der Waals surface area contributed by atoms with E-state index in [1.807, 2.05) is 24.4 Å². The number of aromatic nitrogens is 8. The zero-order chi connectivity index (χ0) is 19.8. The molecule has 29 heavy (non-hydrogen) atoms. The third-order valence-electron chi connectivity index (χ3n) is 4.30. The Morgan fingerprint density at radius 3 is 2.72 bits per heavy atom. The minimum Gasteiger partial charge on any atom is -0.415 e. The lowest BCUT2D eigenvalue weighted by Gasteiger charge is -2.01. The summed E-state index contributed by atoms with van der Waals surface area (Å²) in [6, 6.07) is 9.28. The second kappa shape index (κ2) is 6.86. The Labute approximate surface area is 161 Å². The van der Waals surface area contributed by atoms with Crippen LogP contribution in [0.2, 0.25) is 0 Å². The first-order valence-corrected chi connectivity index (χ1v) is 8.56. The Bertz CT molecular complexity index is 1270. The number of fused-ring (bicyclic) bond motifs is 1. The van der Waals surface area contributed by atoms with Gasteiger partial charge in [0.1, 0.15) is 5.69 Å². The summed E-state index contributed by atoms with van der Waals surface area (Å²) >= 11 is 0. The lowest BCUT2D eigenvalue weighted by atomic mass is 10.1. The minimum absolute atomic E-state index is 0.00275. The molecule has 0 unspecified atom stereocenters. The van der Waals surface area contributed by atoms with Crippen molar-refractivity contribution < 1.29 is 13.2 Å². The van der Waals surface area contributed by atoms with Gasteiger partial charge in [-0.2, -0.15) is 13.9 Å². The Kier molecular flexibility index (Phi) is 4.04. The van der Waals surface area contributed by atoms with Gasteiger partial charge in [0.15, 0.2) is 0 Å². The van der Waals surface area contributed by atoms with Gasteiger partial charge in [0.25, 0.3) is 5.89 Å². The molecule has 0 amide bonds. The number of hydrogen-bond acceptors (Lipinski definition) is 7. The molecule has 9 nitrogen and oxygen atoms in total. The van der Waals surface area contributed by atoms with Gasteiger partial charge < -0.3 is 4.42 Å². The van der Waals surface area contributed by atoms with Gasteiger partial charge in [-0.25, -0.2) is 4.68 Å². The number of alkyl halides is 2. The molecule has 0 radical (unpaired) electrons. The molecule has 1 aromatic carbocycles. The summed E-state index contributed by atoms with van der Waals surface area (Å²) in [5.41, 5.74) is 3.78. The van der Waals surface area contributed by atoms with E-state index in [-0.39, 0.29) is 5.89 Å². The van der Waals surface area contributed by atoms with E-state index in [4.69, 9.17) is 4.42 Å². The highest BCUT2D eigenvalue weighted by molar-refractivity contribution is 5.83. The van der Waals surface area contributed by atoms with Crippen LogP contribution in [0.15, 0.2) is 53.3 Å². The van der Waals surface area contributed by atoms with E-state index in [2.05, 4.69) is 35.7 Å². The summed E-state index contributed by atoms with van der Waals surface area (Å²) in [5.74, 6) is -0.718. The fourth-order valence-electron chi connectivity index (χ4n) is 2.86. The van der Waals surface area contributed by atoms with E-state index in [9.17, 15) is 8.78 Å². The van der Waals surface area contributed by atoms with Crippen LogP contribution >= 0.6 is 0 Å². The van der Waals surface area contributed by atoms with Crippen molar-refractivity contribution in [3.05, 3.63) is 60.5 Å². The maximum Gasteiger partial charge on any atom is 0.314 e. The quantitative estimate of drug-likeness (QED) is 0.487. The first-order chi connectivity index (χ1) is 14.2. The molecular weight excluding hydrogens is 382 g/mol. The number of halogens is 2. The van der Waals surface area contributed by atoms with Crippen LogP contribution < -0.4 is 0 Å². The third-order valence-corrected chi connectivity index (χ3v) is 4.30. The number of aromatic amines is 1. The zero-order valence-corrected chi connectivity index (χ0v) is 14.7. The fourth-order valence-corrected chi connectivity index (χ4v) is 2.86. The molecule has 0 saturated carbocycles. The predicted molar refractivity (Wildman–Crippen MR) is 96.7 cm³/mol. The van der Waals surface area contributed by atoms with Gasteiger partial charge in [-0.15, -0.1) is 15.3 Å². The molecule has 4 heterocycles. The third kappa shape index (κ3) is 3.33. The van der Waals surface area contributed by atoms with Crippen LogP contribution in [-0.4, -0.2) is 40.4 Å². The van der Waals surface area contributed by atoms with Crippen LogP contribution in [0, 0.1) is 0 Å². The van der Waals surface area contributed by atoms with Crippen LogP contribution in [0.3, 0.4) is 0 Å². The van der Waals surface area contributed by atoms with Crippen LogP contribution in [0.5, 0.6) is 0 Å². The number of H-pyrrole nitrogens is 1. The van der Waals surface area contributed by atoms with E-state index < -0.39 is 12.3 Å². The number of nitrogens with zero attached hydrogens (tertiary/aromatic N) is 7. The summed E-state index contributed by atoms with van der Waals surface area (Å²) in [4.78, 5) is 4.30. The van der Waals surface area contributed by atoms with Gasteiger partial charge >= 0.3 is 6.43 Å². The normalized spacial score (nSPS) is 11.6. The molecule has 5 aromatic rings. The summed E-state index contributed by atoms with van der Waals surface area (Å²) in [7, 11) is 0. The molecule has 0 aliphatic heterocycles. The second-order valence-corrected chi connectivity index (χ2v) is 6.26. The van der Waals surface area contributed by atoms with E-state index >= 15 is 0 Å². The minimum atomic E-state index is -2.81. The standard InChI is InChI=1S/C18H12F2N8O/c19-16(20)18-26-25-17(29-18)11-1-3-13(21-6-11)8-28-9-15(24-27-28)10-2-4-14-12(5-10)7-22-23-14/h1-7,9,16H,8H2,(H,22,23). The average molecular weight is 394 g/mol. The highest BCUT2D eigenvalue weighted by Crippen LogP contribution is 2.23. The monoisotopic (exact) mass is 394 g/mol. The Hall–Kier alpha value is -4.02. The lowest BCUT2D eigenvalue weighted by molar-refractivity contribution is 0.116. The Balaban J connectivity index is 1.32. The first kappa shape index (κ1) is 17.1. The molecule has 0 aliphatic carbocycles. The summed E-state index contributed by atoms with van der Waals surface area (Å²) in [6.07, 6.45) is 2.26. The molecule has 1 N–H and O–H groups in total. The van der Waals surface area contributed by atoms with E-state index in [0.29, 0.717) is 17.8 Å². The van der Waals surface area contributed by atoms with Gasteiger partial charge in [-0.1, -0.05) is 11.3 Å². The average Bonchev–Trinajstić information content (AvgIpc) is 3.48. The fraction of sp³-hybridized carbons (Fsp3) is 0.111. The predicted octanol–water partition coefficient (Wildman–Crippen LogP) is 3.25. The van der Waals surface area contributed by atoms with Gasteiger partial charge in [-0.3, -0.25) is 10.1 Å². The van der Waals surface area contributed by atoms with Gasteiger partial charge in [0.05, 0.1) is 35.7 Å². The van der Waals surface area contributed by atoms with Gasteiger partial charge in [0, 0.05) is 17.1 Å². The second-order valence-electron chi connectivity index (χ2n) is 6.26. The van der Waals surface area contributed by atoms with E-state index in [0.717, 1.165) is 22.2 Å². The largest absolute Gasteiger partial charge is 0.415 e. The van der Waals surface area contributed by atoms with Crippen molar-refractivity contribution in [3.63, 3.8) is 0 Å². The van der Waals surface area contributed by atoms with E-state index in [1.165, 1.54) is 6.20 Å². The molecule has 0 saturated heterocycles. The number of hydrogen-bond donors (Lipinski definition) is 1. The van der Waals surface area contributed by atoms with Crippen LogP contribution in [0.1, 0.15) is 18.0 Å². The number of benzene rings is 1. The van der Waals surface area contributed by atoms with Crippen molar-refractivity contribution in [1.29, 1.82) is 0 Å². The van der Waals surface area contributed by atoms with Crippen molar-refractivity contribution in [1.82, 2.24) is 40.4 Å². The van der Waals surface area contributed by atoms with Crippen molar-refractivity contribution >= 4 is 10.9 Å². The summed E-state index contributed by atoms with van der Waals surface area (Å²) < 4.78 is 31.7. The SMILES string of the molecule is FC(F)c1nnc(-c2ccc(Cn3cc(-c4ccc5[nH]ncc5c4)nn3)nc2)o1. The highest BCUT2D eigenvalue weighted by Gasteiger charge is 2.17. The number of nitrogens with one attached hydrogen (secondary N) is 1. The molecule has 0 aliphatic rings. The summed E-state index contributed by atoms with van der Waals surface area (Å²) in [6.45, 7) is 0.396. The molecule has 0 bridgehead atoms. The molecule has 4 aromatic heterocycles. The van der Waals surface area contributed by atoms with Gasteiger partial charge in [-0.05, 0) is 24.3 Å². The topological polar surface area (TPSA) is 111 Å². The van der Waals surface area contributed by atoms with Crippen molar-refractivity contribution in [2.24, 2.45) is 0 Å². The Morgan fingerprint density at radius 1 is 1.03 bits per heavy atom. The molecule has 0 spiro atoms. The van der Waals surface area contributed by atoms with Crippen molar-refractivity contribution in [3.8, 4) is 22.7 Å². The number of pyridine rings is 1. The zero-order valence-electron chi connectivity index (χ0n) is 14.7.